The molecule has 0 radical (unpaired) electrons. The molecule has 4 heteroatoms. The van der Waals surface area contributed by atoms with E-state index in [4.69, 9.17) is 4.74 Å². The van der Waals surface area contributed by atoms with E-state index in [1.165, 1.54) is 70.6 Å². The van der Waals surface area contributed by atoms with Crippen LogP contribution in [0.2, 0.25) is 0 Å². The third-order valence-corrected chi connectivity index (χ3v) is 6.10. The molecule has 0 spiro atoms. The predicted molar refractivity (Wildman–Crippen MR) is 137 cm³/mol. The van der Waals surface area contributed by atoms with Crippen LogP contribution in [0.5, 0.6) is 5.88 Å². The summed E-state index contributed by atoms with van der Waals surface area (Å²) in [5, 5.41) is 0. The van der Waals surface area contributed by atoms with Crippen LogP contribution >= 0.6 is 0 Å². The Kier molecular flexibility index (Phi) is 14.1. The summed E-state index contributed by atoms with van der Waals surface area (Å²) in [6, 6.07) is 9.88. The van der Waals surface area contributed by atoms with Gasteiger partial charge in [0.1, 0.15) is 0 Å². The Balaban J connectivity index is 1.90. The average Bonchev–Trinajstić information content (AvgIpc) is 2.84. The number of esters is 1. The summed E-state index contributed by atoms with van der Waals surface area (Å²) in [7, 11) is 0. The quantitative estimate of drug-likeness (QED) is 0.168. The molecule has 0 atom stereocenters. The van der Waals surface area contributed by atoms with Gasteiger partial charge in [-0.1, -0.05) is 121 Å². The summed E-state index contributed by atoms with van der Waals surface area (Å²) in [6.07, 6.45) is 20.2. The van der Waals surface area contributed by atoms with Crippen molar-refractivity contribution in [1.29, 1.82) is 0 Å². The average molecular weight is 453 g/mol. The van der Waals surface area contributed by atoms with Gasteiger partial charge in [-0.05, 0) is 19.3 Å². The number of unbranched alkanes of at least 4 members (excludes halogenated alkanes) is 12. The molecule has 1 aromatic carbocycles. The normalized spacial score (nSPS) is 11.0. The molecular weight excluding hydrogens is 408 g/mol. The number of carbonyl (C=O) groups excluding carboxylic acids is 1. The highest BCUT2D eigenvalue weighted by atomic mass is 16.5. The van der Waals surface area contributed by atoms with E-state index in [0.717, 1.165) is 36.8 Å². The molecule has 0 N–H and O–H groups in total. The predicted octanol–water partition coefficient (Wildman–Crippen LogP) is 8.48. The summed E-state index contributed by atoms with van der Waals surface area (Å²) >= 11 is 0. The number of benzene rings is 1. The SMILES string of the molecule is CCCCCCCCCC(=O)Oc1nc(-c2ccccc2)ncc1CCCCCCCCC. The molecule has 1 aromatic heterocycles. The first-order valence-corrected chi connectivity index (χ1v) is 13.4. The summed E-state index contributed by atoms with van der Waals surface area (Å²) in [5.74, 6) is 0.877. The largest absolute Gasteiger partial charge is 0.407 e. The van der Waals surface area contributed by atoms with Crippen molar-refractivity contribution in [3.05, 3.63) is 42.1 Å². The van der Waals surface area contributed by atoms with Gasteiger partial charge in [-0.3, -0.25) is 4.79 Å². The molecule has 0 aliphatic carbocycles. The first kappa shape index (κ1) is 27.0. The van der Waals surface area contributed by atoms with Gasteiger partial charge in [0.25, 0.3) is 0 Å². The highest BCUT2D eigenvalue weighted by Gasteiger charge is 2.14. The summed E-state index contributed by atoms with van der Waals surface area (Å²) in [6.45, 7) is 4.48. The first-order chi connectivity index (χ1) is 16.2. The molecule has 0 aliphatic rings. The maximum absolute atomic E-state index is 12.5. The maximum Gasteiger partial charge on any atom is 0.312 e. The lowest BCUT2D eigenvalue weighted by atomic mass is 10.1. The van der Waals surface area contributed by atoms with Crippen molar-refractivity contribution in [2.24, 2.45) is 0 Å². The minimum atomic E-state index is -0.179. The van der Waals surface area contributed by atoms with Gasteiger partial charge in [-0.25, -0.2) is 4.98 Å². The molecule has 0 saturated heterocycles. The third kappa shape index (κ3) is 11.5. The minimum absolute atomic E-state index is 0.179. The van der Waals surface area contributed by atoms with E-state index in [1.54, 1.807) is 0 Å². The van der Waals surface area contributed by atoms with Crippen molar-refractivity contribution in [3.8, 4) is 17.3 Å². The maximum atomic E-state index is 12.5. The second-order valence-electron chi connectivity index (χ2n) is 9.11. The van der Waals surface area contributed by atoms with Crippen LogP contribution < -0.4 is 4.74 Å². The Hall–Kier alpha value is -2.23. The van der Waals surface area contributed by atoms with E-state index < -0.39 is 0 Å². The number of aryl methyl sites for hydroxylation is 1. The van der Waals surface area contributed by atoms with Crippen molar-refractivity contribution >= 4 is 5.97 Å². The van der Waals surface area contributed by atoms with Crippen molar-refractivity contribution < 1.29 is 9.53 Å². The lowest BCUT2D eigenvalue weighted by Gasteiger charge is -2.11. The topological polar surface area (TPSA) is 52.1 Å². The smallest absolute Gasteiger partial charge is 0.312 e. The number of hydrogen-bond acceptors (Lipinski definition) is 4. The summed E-state index contributed by atoms with van der Waals surface area (Å²) < 4.78 is 5.77. The van der Waals surface area contributed by atoms with Crippen molar-refractivity contribution in [2.75, 3.05) is 0 Å². The second-order valence-corrected chi connectivity index (χ2v) is 9.11. The van der Waals surface area contributed by atoms with Crippen molar-refractivity contribution in [3.63, 3.8) is 0 Å². The van der Waals surface area contributed by atoms with Crippen LogP contribution in [0.4, 0.5) is 0 Å². The Morgan fingerprint density at radius 2 is 1.33 bits per heavy atom. The fourth-order valence-electron chi connectivity index (χ4n) is 4.04. The molecule has 1 heterocycles. The fourth-order valence-corrected chi connectivity index (χ4v) is 4.04. The molecule has 0 saturated carbocycles. The first-order valence-electron chi connectivity index (χ1n) is 13.4. The fraction of sp³-hybridized carbons (Fsp3) is 0.621. The highest BCUT2D eigenvalue weighted by molar-refractivity contribution is 5.72. The van der Waals surface area contributed by atoms with E-state index in [-0.39, 0.29) is 5.97 Å². The third-order valence-electron chi connectivity index (χ3n) is 6.10. The van der Waals surface area contributed by atoms with Gasteiger partial charge in [-0.2, -0.15) is 4.98 Å². The summed E-state index contributed by atoms with van der Waals surface area (Å²) in [5.41, 5.74) is 1.88. The number of carbonyl (C=O) groups is 1. The molecule has 0 unspecified atom stereocenters. The number of rotatable bonds is 18. The Morgan fingerprint density at radius 1 is 0.758 bits per heavy atom. The monoisotopic (exact) mass is 452 g/mol. The Morgan fingerprint density at radius 3 is 1.97 bits per heavy atom. The van der Waals surface area contributed by atoms with Gasteiger partial charge < -0.3 is 4.74 Å². The molecule has 2 aromatic rings. The molecule has 0 amide bonds. The van der Waals surface area contributed by atoms with Crippen molar-refractivity contribution in [1.82, 2.24) is 9.97 Å². The molecule has 182 valence electrons. The standard InChI is InChI=1S/C29H44N2O2/c1-3-5-7-9-11-13-16-22-26-24-30-28(25-20-17-15-18-21-25)31-29(26)33-27(32)23-19-14-12-10-8-6-4-2/h15,17-18,20-21,24H,3-14,16,19,22-23H2,1-2H3. The van der Waals surface area contributed by atoms with Crippen LogP contribution in [-0.2, 0) is 11.2 Å². The van der Waals surface area contributed by atoms with Crippen molar-refractivity contribution in [2.45, 2.75) is 117 Å². The van der Waals surface area contributed by atoms with Crippen LogP contribution in [0.3, 0.4) is 0 Å². The molecular formula is C29H44N2O2. The van der Waals surface area contributed by atoms with Crippen LogP contribution in [0, 0.1) is 0 Å². The van der Waals surface area contributed by atoms with E-state index in [0.29, 0.717) is 18.1 Å². The van der Waals surface area contributed by atoms with Gasteiger partial charge in [0.15, 0.2) is 5.82 Å². The molecule has 2 rings (SSSR count). The molecule has 33 heavy (non-hydrogen) atoms. The molecule has 0 aliphatic heterocycles. The highest BCUT2D eigenvalue weighted by Crippen LogP contribution is 2.23. The van der Waals surface area contributed by atoms with Gasteiger partial charge in [0.2, 0.25) is 5.88 Å². The number of ether oxygens (including phenoxy) is 1. The lowest BCUT2D eigenvalue weighted by Crippen LogP contribution is -2.11. The van der Waals surface area contributed by atoms with Gasteiger partial charge >= 0.3 is 5.97 Å². The van der Waals surface area contributed by atoms with Crippen LogP contribution in [0.15, 0.2) is 36.5 Å². The zero-order valence-electron chi connectivity index (χ0n) is 21.0. The zero-order chi connectivity index (χ0) is 23.6. The number of aromatic nitrogens is 2. The molecule has 4 nitrogen and oxygen atoms in total. The summed E-state index contributed by atoms with van der Waals surface area (Å²) in [4.78, 5) is 21.8. The van der Waals surface area contributed by atoms with E-state index >= 15 is 0 Å². The Labute approximate surface area is 201 Å². The number of hydrogen-bond donors (Lipinski definition) is 0. The van der Waals surface area contributed by atoms with E-state index in [1.807, 2.05) is 36.5 Å². The zero-order valence-corrected chi connectivity index (χ0v) is 21.0. The second kappa shape index (κ2) is 17.3. The van der Waals surface area contributed by atoms with Gasteiger partial charge in [-0.15, -0.1) is 0 Å². The van der Waals surface area contributed by atoms with Crippen LogP contribution in [-0.4, -0.2) is 15.9 Å². The minimum Gasteiger partial charge on any atom is -0.407 e. The Bertz CT molecular complexity index is 776. The van der Waals surface area contributed by atoms with Gasteiger partial charge in [0, 0.05) is 23.7 Å². The lowest BCUT2D eigenvalue weighted by molar-refractivity contribution is -0.134. The molecule has 0 bridgehead atoms. The van der Waals surface area contributed by atoms with Crippen LogP contribution in [0.25, 0.3) is 11.4 Å². The van der Waals surface area contributed by atoms with E-state index in [9.17, 15) is 4.79 Å². The number of nitrogens with zero attached hydrogens (tertiary/aromatic N) is 2. The molecule has 0 fully saturated rings. The van der Waals surface area contributed by atoms with E-state index in [2.05, 4.69) is 23.8 Å². The van der Waals surface area contributed by atoms with Gasteiger partial charge in [0.05, 0.1) is 0 Å². The van der Waals surface area contributed by atoms with Crippen LogP contribution in [0.1, 0.15) is 116 Å².